The van der Waals surface area contributed by atoms with Crippen molar-refractivity contribution in [1.29, 1.82) is 0 Å². The van der Waals surface area contributed by atoms with E-state index in [1.165, 1.54) is 98.8 Å². The molecule has 0 aliphatic heterocycles. The van der Waals surface area contributed by atoms with Crippen molar-refractivity contribution in [2.45, 2.75) is 46.6 Å². The molecule has 236 valence electrons. The minimum absolute atomic E-state index is 0.936. The van der Waals surface area contributed by atoms with Crippen LogP contribution >= 0.6 is 0 Å². The maximum absolute atomic E-state index is 2.56. The van der Waals surface area contributed by atoms with Gasteiger partial charge in [-0.05, 0) is 116 Å². The number of hydrogen-bond acceptors (Lipinski definition) is 0. The molecule has 0 N–H and O–H groups in total. The Hall–Kier alpha value is -5.28. The lowest BCUT2D eigenvalue weighted by atomic mass is 9.96. The molecule has 0 atom stereocenters. The molecule has 0 saturated carbocycles. The molecular weight excluding hydrogens is 583 g/mol. The van der Waals surface area contributed by atoms with Crippen LogP contribution < -0.4 is 0 Å². The van der Waals surface area contributed by atoms with E-state index < -0.39 is 0 Å². The summed E-state index contributed by atoms with van der Waals surface area (Å²) in [6.07, 6.45) is 2.99. The van der Waals surface area contributed by atoms with Gasteiger partial charge in [-0.25, -0.2) is 0 Å². The number of fused-ring (bicyclic) bond motifs is 9. The Bertz CT molecular complexity index is 2730. The molecular formula is C45H41N3. The van der Waals surface area contributed by atoms with Crippen LogP contribution in [0.1, 0.15) is 33.4 Å². The molecule has 3 aromatic heterocycles. The average molecular weight is 624 g/mol. The van der Waals surface area contributed by atoms with Gasteiger partial charge in [0.15, 0.2) is 0 Å². The first-order valence-corrected chi connectivity index (χ1v) is 17.3. The fraction of sp³-hybridized carbons (Fsp3) is 0.200. The highest BCUT2D eigenvalue weighted by atomic mass is 15.0. The van der Waals surface area contributed by atoms with Gasteiger partial charge in [0.1, 0.15) is 0 Å². The van der Waals surface area contributed by atoms with Crippen LogP contribution in [-0.4, -0.2) is 13.7 Å². The summed E-state index contributed by atoms with van der Waals surface area (Å²) in [4.78, 5) is 0. The number of rotatable bonds is 6. The minimum Gasteiger partial charge on any atom is -0.344 e. The van der Waals surface area contributed by atoms with E-state index in [-0.39, 0.29) is 0 Å². The second-order valence-electron chi connectivity index (χ2n) is 14.0. The third-order valence-corrected chi connectivity index (χ3v) is 11.1. The molecule has 0 bridgehead atoms. The lowest BCUT2D eigenvalue weighted by molar-refractivity contribution is 0.747. The normalized spacial score (nSPS) is 12.2. The van der Waals surface area contributed by atoms with Crippen LogP contribution in [0.5, 0.6) is 0 Å². The summed E-state index contributed by atoms with van der Waals surface area (Å²) in [6.45, 7) is 7.61. The summed E-state index contributed by atoms with van der Waals surface area (Å²) in [6, 6.07) is 41.3. The molecule has 0 fully saturated rings. The van der Waals surface area contributed by atoms with Crippen LogP contribution in [0.15, 0.2) is 109 Å². The summed E-state index contributed by atoms with van der Waals surface area (Å²) in [5, 5.41) is 8.16. The van der Waals surface area contributed by atoms with E-state index in [2.05, 4.69) is 158 Å². The number of hydrogen-bond donors (Lipinski definition) is 0. The third-order valence-electron chi connectivity index (χ3n) is 11.1. The maximum atomic E-state index is 2.56. The Kier molecular flexibility index (Phi) is 6.55. The topological polar surface area (TPSA) is 14.8 Å². The van der Waals surface area contributed by atoms with Crippen LogP contribution in [0.4, 0.5) is 0 Å². The molecule has 6 aromatic carbocycles. The van der Waals surface area contributed by atoms with Crippen LogP contribution in [-0.2, 0) is 39.9 Å². The molecule has 3 heterocycles. The summed E-state index contributed by atoms with van der Waals surface area (Å²) < 4.78 is 7.31. The second-order valence-corrected chi connectivity index (χ2v) is 14.0. The van der Waals surface area contributed by atoms with Gasteiger partial charge in [-0.1, -0.05) is 66.7 Å². The van der Waals surface area contributed by atoms with Gasteiger partial charge in [-0.15, -0.1) is 0 Å². The molecule has 3 nitrogen and oxygen atoms in total. The molecule has 0 spiro atoms. The highest BCUT2D eigenvalue weighted by molar-refractivity contribution is 6.11. The molecule has 9 rings (SSSR count). The predicted molar refractivity (Wildman–Crippen MR) is 206 cm³/mol. The summed E-state index contributed by atoms with van der Waals surface area (Å²) in [7, 11) is 4.42. The van der Waals surface area contributed by atoms with E-state index in [0.717, 1.165) is 25.8 Å². The highest BCUT2D eigenvalue weighted by Crippen LogP contribution is 2.36. The van der Waals surface area contributed by atoms with E-state index in [1.807, 2.05) is 0 Å². The van der Waals surface area contributed by atoms with E-state index in [0.29, 0.717) is 0 Å². The number of aryl methyl sites for hydroxylation is 9. The third kappa shape index (κ3) is 4.34. The van der Waals surface area contributed by atoms with Gasteiger partial charge in [0, 0.05) is 80.5 Å². The van der Waals surface area contributed by atoms with Gasteiger partial charge in [-0.3, -0.25) is 0 Å². The summed E-state index contributed by atoms with van der Waals surface area (Å²) >= 11 is 0. The van der Waals surface area contributed by atoms with Crippen LogP contribution in [0.25, 0.3) is 65.4 Å². The van der Waals surface area contributed by atoms with Gasteiger partial charge >= 0.3 is 0 Å². The highest BCUT2D eigenvalue weighted by Gasteiger charge is 2.17. The number of para-hydroxylation sites is 3. The lowest BCUT2D eigenvalue weighted by Gasteiger charge is -2.13. The van der Waals surface area contributed by atoms with Crippen molar-refractivity contribution < 1.29 is 0 Å². The van der Waals surface area contributed by atoms with Crippen molar-refractivity contribution in [3.8, 4) is 0 Å². The molecule has 0 aliphatic carbocycles. The zero-order valence-electron chi connectivity index (χ0n) is 28.6. The summed E-state index contributed by atoms with van der Waals surface area (Å²) in [5.41, 5.74) is 16.2. The molecule has 48 heavy (non-hydrogen) atoms. The first-order chi connectivity index (χ1) is 23.4. The van der Waals surface area contributed by atoms with Gasteiger partial charge in [0.2, 0.25) is 0 Å². The second kappa shape index (κ2) is 10.9. The number of benzene rings is 6. The van der Waals surface area contributed by atoms with Gasteiger partial charge in [0.25, 0.3) is 0 Å². The van der Waals surface area contributed by atoms with E-state index in [4.69, 9.17) is 0 Å². The Labute approximate surface area is 281 Å². The van der Waals surface area contributed by atoms with Crippen molar-refractivity contribution in [1.82, 2.24) is 13.7 Å². The Morgan fingerprint density at radius 3 is 1.98 bits per heavy atom. The molecule has 0 amide bonds. The smallest absolute Gasteiger partial charge is 0.0518 e. The Balaban J connectivity index is 1.12. The fourth-order valence-electron chi connectivity index (χ4n) is 8.53. The van der Waals surface area contributed by atoms with Crippen molar-refractivity contribution in [3.63, 3.8) is 0 Å². The molecule has 0 unspecified atom stereocenters. The zero-order valence-corrected chi connectivity index (χ0v) is 28.6. The molecule has 0 aliphatic rings. The summed E-state index contributed by atoms with van der Waals surface area (Å²) in [5.74, 6) is 0. The first kappa shape index (κ1) is 28.9. The monoisotopic (exact) mass is 623 g/mol. The van der Waals surface area contributed by atoms with Gasteiger partial charge in [-0.2, -0.15) is 0 Å². The molecule has 3 heteroatoms. The van der Waals surface area contributed by atoms with Crippen molar-refractivity contribution >= 4 is 65.4 Å². The Morgan fingerprint density at radius 2 is 1.12 bits per heavy atom. The minimum atomic E-state index is 0.936. The molecule has 0 saturated heterocycles. The lowest BCUT2D eigenvalue weighted by Crippen LogP contribution is -2.03. The standard InChI is InChI=1S/C45H41N3/c1-28-11-10-14-35-38-26-31(19-20-40(38)47(5)45(28)35)17-18-32-25-33(44-36-13-7-8-15-39(36)46(4)43(44)27-32)21-22-48-41-16-9-6-12-34(41)37-23-29(2)30(3)24-42(37)48/h6-16,19-20,23-27H,17-18,21-22H2,1-5H3. The van der Waals surface area contributed by atoms with Crippen molar-refractivity contribution in [2.75, 3.05) is 0 Å². The van der Waals surface area contributed by atoms with Gasteiger partial charge < -0.3 is 13.7 Å². The fourth-order valence-corrected chi connectivity index (χ4v) is 8.53. The van der Waals surface area contributed by atoms with E-state index in [1.54, 1.807) is 0 Å². The van der Waals surface area contributed by atoms with Crippen molar-refractivity contribution in [2.24, 2.45) is 14.1 Å². The number of nitrogens with zero attached hydrogens (tertiary/aromatic N) is 3. The number of aromatic nitrogens is 3. The SMILES string of the molecule is Cc1cc2c3ccccc3n(CCc3cc(CCc4ccc5c(c4)c4cccc(C)c4n5C)cc4c3c3ccccc3n4C)c2cc1C. The first-order valence-electron chi connectivity index (χ1n) is 17.3. The van der Waals surface area contributed by atoms with Gasteiger partial charge in [0.05, 0.1) is 5.52 Å². The maximum Gasteiger partial charge on any atom is 0.0518 e. The van der Waals surface area contributed by atoms with E-state index >= 15 is 0 Å². The molecule has 0 radical (unpaired) electrons. The largest absolute Gasteiger partial charge is 0.344 e. The predicted octanol–water partition coefficient (Wildman–Crippen LogP) is 11.0. The van der Waals surface area contributed by atoms with Crippen LogP contribution in [0.2, 0.25) is 0 Å². The van der Waals surface area contributed by atoms with Crippen LogP contribution in [0, 0.1) is 20.8 Å². The van der Waals surface area contributed by atoms with Crippen molar-refractivity contribution in [3.05, 3.63) is 143 Å². The van der Waals surface area contributed by atoms with Crippen LogP contribution in [0.3, 0.4) is 0 Å². The van der Waals surface area contributed by atoms with E-state index in [9.17, 15) is 0 Å². The Morgan fingerprint density at radius 1 is 0.438 bits per heavy atom. The zero-order chi connectivity index (χ0) is 32.7. The molecule has 9 aromatic rings. The average Bonchev–Trinajstić information content (AvgIpc) is 3.68. The quantitative estimate of drug-likeness (QED) is 0.175.